The maximum Gasteiger partial charge on any atom is 0.341 e. The van der Waals surface area contributed by atoms with E-state index in [1.807, 2.05) is 0 Å². The van der Waals surface area contributed by atoms with Crippen molar-refractivity contribution in [2.75, 3.05) is 6.61 Å². The molecule has 0 bridgehead atoms. The largest absolute Gasteiger partial charge is 0.507 e. The molecule has 0 aliphatic rings. The highest BCUT2D eigenvalue weighted by Crippen LogP contribution is 2.25. The zero-order chi connectivity index (χ0) is 16.5. The van der Waals surface area contributed by atoms with Gasteiger partial charge in [-0.3, -0.25) is 0 Å². The number of ether oxygens (including phenoxy) is 1. The molecule has 1 aromatic carbocycles. The molecule has 6 heteroatoms. The van der Waals surface area contributed by atoms with Crippen LogP contribution in [0.3, 0.4) is 0 Å². The molecular formula is C16H25N3O3. The monoisotopic (exact) mass is 307 g/mol. The Hall–Kier alpha value is -2.24. The van der Waals surface area contributed by atoms with Gasteiger partial charge >= 0.3 is 5.97 Å². The van der Waals surface area contributed by atoms with Gasteiger partial charge in [0.15, 0.2) is 5.96 Å². The van der Waals surface area contributed by atoms with Crippen molar-refractivity contribution in [3.05, 3.63) is 23.8 Å². The number of nitrogens with two attached hydrogens (primary N) is 2. The summed E-state index contributed by atoms with van der Waals surface area (Å²) < 4.78 is 5.30. The molecule has 0 aliphatic heterocycles. The lowest BCUT2D eigenvalue weighted by molar-refractivity contribution is 0.0425. The first-order valence-electron chi connectivity index (χ1n) is 7.57. The standard InChI is InChI=1S/C16H25N3O3/c1-3-5-6-11(4-2)10-22-15(21)13-8-7-12(9-14(13)20)19-16(17)18/h7-9,11,20H,3-6,10H2,1-2H3,(H4,17,18,19). The van der Waals surface area contributed by atoms with Crippen molar-refractivity contribution in [2.24, 2.45) is 22.4 Å². The van der Waals surface area contributed by atoms with Crippen LogP contribution in [0.15, 0.2) is 23.2 Å². The fourth-order valence-electron chi connectivity index (χ4n) is 2.08. The van der Waals surface area contributed by atoms with Crippen LogP contribution in [0.25, 0.3) is 0 Å². The molecule has 0 saturated heterocycles. The topological polar surface area (TPSA) is 111 Å². The van der Waals surface area contributed by atoms with E-state index in [0.717, 1.165) is 25.7 Å². The van der Waals surface area contributed by atoms with E-state index in [9.17, 15) is 9.90 Å². The van der Waals surface area contributed by atoms with Gasteiger partial charge in [-0.25, -0.2) is 9.79 Å². The highest BCUT2D eigenvalue weighted by atomic mass is 16.5. The molecule has 0 fully saturated rings. The van der Waals surface area contributed by atoms with E-state index in [1.54, 1.807) is 6.07 Å². The zero-order valence-corrected chi connectivity index (χ0v) is 13.2. The summed E-state index contributed by atoms with van der Waals surface area (Å²) in [7, 11) is 0. The van der Waals surface area contributed by atoms with Crippen LogP contribution in [0.1, 0.15) is 49.9 Å². The van der Waals surface area contributed by atoms with E-state index in [1.165, 1.54) is 12.1 Å². The Kier molecular flexibility index (Phi) is 7.22. The Labute approximate surface area is 131 Å². The summed E-state index contributed by atoms with van der Waals surface area (Å²) in [5, 5.41) is 9.89. The third-order valence-electron chi connectivity index (χ3n) is 3.45. The number of nitrogens with zero attached hydrogens (tertiary/aromatic N) is 1. The second kappa shape index (κ2) is 8.92. The van der Waals surface area contributed by atoms with Gasteiger partial charge in [-0.15, -0.1) is 0 Å². The van der Waals surface area contributed by atoms with Crippen molar-refractivity contribution in [2.45, 2.75) is 39.5 Å². The number of hydrogen-bond acceptors (Lipinski definition) is 4. The summed E-state index contributed by atoms with van der Waals surface area (Å²) in [5.74, 6) is -0.499. The number of unbranched alkanes of at least 4 members (excludes halogenated alkanes) is 1. The minimum absolute atomic E-state index is 0.111. The first-order valence-corrected chi connectivity index (χ1v) is 7.57. The Morgan fingerprint density at radius 1 is 1.36 bits per heavy atom. The van der Waals surface area contributed by atoms with Gasteiger partial charge < -0.3 is 21.3 Å². The van der Waals surface area contributed by atoms with E-state index in [0.29, 0.717) is 18.2 Å². The Bertz CT molecular complexity index is 525. The van der Waals surface area contributed by atoms with Crippen LogP contribution < -0.4 is 11.5 Å². The molecule has 5 N–H and O–H groups in total. The van der Waals surface area contributed by atoms with E-state index >= 15 is 0 Å². The molecule has 1 unspecified atom stereocenters. The van der Waals surface area contributed by atoms with Gasteiger partial charge in [0.2, 0.25) is 0 Å². The molecule has 0 saturated carbocycles. The highest BCUT2D eigenvalue weighted by Gasteiger charge is 2.15. The molecular weight excluding hydrogens is 282 g/mol. The number of rotatable bonds is 8. The number of benzene rings is 1. The normalized spacial score (nSPS) is 11.7. The van der Waals surface area contributed by atoms with Gasteiger partial charge in [-0.05, 0) is 24.5 Å². The number of phenolic OH excluding ortho intramolecular Hbond substituents is 1. The number of phenols is 1. The van der Waals surface area contributed by atoms with E-state index in [2.05, 4.69) is 18.8 Å². The number of aliphatic imine (C=N–C) groups is 1. The van der Waals surface area contributed by atoms with Gasteiger partial charge in [0.25, 0.3) is 0 Å². The molecule has 1 rings (SSSR count). The van der Waals surface area contributed by atoms with E-state index in [4.69, 9.17) is 16.2 Å². The van der Waals surface area contributed by atoms with Crippen molar-refractivity contribution in [3.63, 3.8) is 0 Å². The predicted molar refractivity (Wildman–Crippen MR) is 87.2 cm³/mol. The van der Waals surface area contributed by atoms with Crippen LogP contribution >= 0.6 is 0 Å². The number of aromatic hydroxyl groups is 1. The molecule has 0 aromatic heterocycles. The minimum Gasteiger partial charge on any atom is -0.507 e. The van der Waals surface area contributed by atoms with Gasteiger partial charge in [0.05, 0.1) is 12.3 Å². The smallest absolute Gasteiger partial charge is 0.341 e. The lowest BCUT2D eigenvalue weighted by Gasteiger charge is -2.15. The molecule has 0 aliphatic carbocycles. The second-order valence-corrected chi connectivity index (χ2v) is 5.25. The highest BCUT2D eigenvalue weighted by molar-refractivity contribution is 5.93. The van der Waals surface area contributed by atoms with Gasteiger partial charge in [0, 0.05) is 6.07 Å². The average molecular weight is 307 g/mol. The van der Waals surface area contributed by atoms with Crippen molar-refractivity contribution in [1.82, 2.24) is 0 Å². The number of carbonyl (C=O) groups excluding carboxylic acids is 1. The fraction of sp³-hybridized carbons (Fsp3) is 0.500. The van der Waals surface area contributed by atoms with Gasteiger partial charge in [-0.2, -0.15) is 0 Å². The first kappa shape index (κ1) is 17.8. The van der Waals surface area contributed by atoms with Crippen LogP contribution in [0.5, 0.6) is 5.75 Å². The third kappa shape index (κ3) is 5.63. The van der Waals surface area contributed by atoms with Crippen molar-refractivity contribution in [1.29, 1.82) is 0 Å². The molecule has 0 amide bonds. The Morgan fingerprint density at radius 3 is 2.64 bits per heavy atom. The van der Waals surface area contributed by atoms with Crippen molar-refractivity contribution >= 4 is 17.6 Å². The number of esters is 1. The molecule has 122 valence electrons. The first-order chi connectivity index (χ1) is 10.5. The number of guanidine groups is 1. The molecule has 0 radical (unpaired) electrons. The fourth-order valence-corrected chi connectivity index (χ4v) is 2.08. The van der Waals surface area contributed by atoms with Gasteiger partial charge in [-0.1, -0.05) is 33.1 Å². The Morgan fingerprint density at radius 2 is 2.09 bits per heavy atom. The maximum atomic E-state index is 12.0. The summed E-state index contributed by atoms with van der Waals surface area (Å²) in [5.41, 5.74) is 11.0. The van der Waals surface area contributed by atoms with Crippen LogP contribution in [0.2, 0.25) is 0 Å². The average Bonchev–Trinajstić information content (AvgIpc) is 2.46. The molecule has 0 spiro atoms. The third-order valence-corrected chi connectivity index (χ3v) is 3.45. The summed E-state index contributed by atoms with van der Waals surface area (Å²) in [6.45, 7) is 4.58. The maximum absolute atomic E-state index is 12.0. The Balaban J connectivity index is 2.67. The summed E-state index contributed by atoms with van der Waals surface area (Å²) in [6.07, 6.45) is 4.24. The molecule has 1 atom stereocenters. The lowest BCUT2D eigenvalue weighted by atomic mass is 10.0. The number of carbonyl (C=O) groups is 1. The van der Waals surface area contributed by atoms with Crippen molar-refractivity contribution in [3.8, 4) is 5.75 Å². The number of hydrogen-bond donors (Lipinski definition) is 3. The molecule has 0 heterocycles. The summed E-state index contributed by atoms with van der Waals surface area (Å²) in [6, 6.07) is 4.32. The van der Waals surface area contributed by atoms with E-state index < -0.39 is 5.97 Å². The van der Waals surface area contributed by atoms with E-state index in [-0.39, 0.29) is 17.3 Å². The molecule has 1 aromatic rings. The predicted octanol–water partition coefficient (Wildman–Crippen LogP) is 2.67. The minimum atomic E-state index is -0.538. The van der Waals surface area contributed by atoms with Crippen LogP contribution in [0.4, 0.5) is 5.69 Å². The molecule has 22 heavy (non-hydrogen) atoms. The summed E-state index contributed by atoms with van der Waals surface area (Å²) in [4.78, 5) is 15.8. The van der Waals surface area contributed by atoms with Gasteiger partial charge in [0.1, 0.15) is 11.3 Å². The lowest BCUT2D eigenvalue weighted by Crippen LogP contribution is -2.21. The zero-order valence-electron chi connectivity index (χ0n) is 13.2. The van der Waals surface area contributed by atoms with Crippen LogP contribution in [0, 0.1) is 5.92 Å². The quantitative estimate of drug-likeness (QED) is 0.388. The summed E-state index contributed by atoms with van der Waals surface area (Å²) >= 11 is 0. The second-order valence-electron chi connectivity index (χ2n) is 5.25. The van der Waals surface area contributed by atoms with Crippen LogP contribution in [-0.4, -0.2) is 23.6 Å². The van der Waals surface area contributed by atoms with Crippen molar-refractivity contribution < 1.29 is 14.6 Å². The molecule has 6 nitrogen and oxygen atoms in total. The SMILES string of the molecule is CCCCC(CC)COC(=O)c1ccc(N=C(N)N)cc1O. The van der Waals surface area contributed by atoms with Crippen LogP contribution in [-0.2, 0) is 4.74 Å².